The Morgan fingerprint density at radius 3 is 1.60 bits per heavy atom. The third-order valence-corrected chi connectivity index (χ3v) is 9.92. The third kappa shape index (κ3) is 12.0. The van der Waals surface area contributed by atoms with Crippen molar-refractivity contribution < 1.29 is 38.1 Å². The number of benzene rings is 1. The first-order valence-electron chi connectivity index (χ1n) is 16.4. The van der Waals surface area contributed by atoms with Crippen LogP contribution in [0.3, 0.4) is 0 Å². The predicted octanol–water partition coefficient (Wildman–Crippen LogP) is 8.39. The second-order valence-corrected chi connectivity index (χ2v) is 16.2. The van der Waals surface area contributed by atoms with E-state index < -0.39 is 45.0 Å². The summed E-state index contributed by atoms with van der Waals surface area (Å²) in [6.07, 6.45) is 7.49. The number of carbonyl (C=O) groups is 4. The fourth-order valence-corrected chi connectivity index (χ4v) is 5.93. The van der Waals surface area contributed by atoms with Gasteiger partial charge in [0, 0.05) is 13.0 Å². The Balaban J connectivity index is 3.08. The van der Waals surface area contributed by atoms with Gasteiger partial charge in [0.05, 0.1) is 10.8 Å². The Labute approximate surface area is 283 Å². The fourth-order valence-electron chi connectivity index (χ4n) is 5.93. The maximum Gasteiger partial charge on any atom is 0.330 e. The lowest BCUT2D eigenvalue weighted by Crippen LogP contribution is -2.56. The van der Waals surface area contributed by atoms with E-state index in [9.17, 15) is 19.2 Å². The maximum atomic E-state index is 13.9. The van der Waals surface area contributed by atoms with E-state index in [2.05, 4.69) is 48.5 Å². The summed E-state index contributed by atoms with van der Waals surface area (Å²) >= 11 is 0. The van der Waals surface area contributed by atoms with Crippen LogP contribution in [0.1, 0.15) is 108 Å². The quantitative estimate of drug-likeness (QED) is 0.0574. The molecule has 0 aliphatic rings. The number of hydrogen-bond donors (Lipinski definition) is 0. The molecule has 1 rings (SSSR count). The van der Waals surface area contributed by atoms with Crippen molar-refractivity contribution in [1.82, 2.24) is 0 Å². The fraction of sp³-hybridized carbons (Fsp3) is 0.641. The van der Waals surface area contributed by atoms with Gasteiger partial charge < -0.3 is 18.9 Å². The first-order valence-corrected chi connectivity index (χ1v) is 16.4. The van der Waals surface area contributed by atoms with Crippen LogP contribution in [-0.4, -0.2) is 50.3 Å². The van der Waals surface area contributed by atoms with Crippen molar-refractivity contribution in [1.29, 1.82) is 0 Å². The normalized spacial score (nSPS) is 15.5. The molecule has 0 aliphatic heterocycles. The van der Waals surface area contributed by atoms with Crippen molar-refractivity contribution in [2.75, 3.05) is 26.4 Å². The molecule has 0 saturated carbocycles. The number of ether oxygens (including phenoxy) is 4. The highest BCUT2D eigenvalue weighted by Gasteiger charge is 2.60. The van der Waals surface area contributed by atoms with Crippen molar-refractivity contribution in [3.8, 4) is 0 Å². The van der Waals surface area contributed by atoms with Gasteiger partial charge in [0.2, 0.25) is 0 Å². The molecule has 0 radical (unpaired) electrons. The molecule has 2 unspecified atom stereocenters. The van der Waals surface area contributed by atoms with Crippen LogP contribution in [0.2, 0.25) is 0 Å². The summed E-state index contributed by atoms with van der Waals surface area (Å²) in [5.41, 5.74) is -2.86. The number of allylic oxidation sites excluding steroid dienone is 2. The Morgan fingerprint density at radius 1 is 0.617 bits per heavy atom. The predicted molar refractivity (Wildman–Crippen MR) is 186 cm³/mol. The summed E-state index contributed by atoms with van der Waals surface area (Å²) in [6.45, 7) is 25.5. The molecule has 0 fully saturated rings. The smallest absolute Gasteiger partial charge is 0.330 e. The molecule has 8 heteroatoms. The highest BCUT2D eigenvalue weighted by Crippen LogP contribution is 2.61. The zero-order chi connectivity index (χ0) is 36.3. The Morgan fingerprint density at radius 2 is 1.11 bits per heavy atom. The zero-order valence-corrected chi connectivity index (χ0v) is 31.2. The van der Waals surface area contributed by atoms with Crippen LogP contribution < -0.4 is 0 Å². The summed E-state index contributed by atoms with van der Waals surface area (Å²) in [6, 6.07) is 9.72. The molecule has 0 heterocycles. The van der Waals surface area contributed by atoms with Crippen LogP contribution in [0.4, 0.5) is 0 Å². The summed E-state index contributed by atoms with van der Waals surface area (Å²) in [5, 5.41) is 0. The van der Waals surface area contributed by atoms with Crippen molar-refractivity contribution in [3.63, 3.8) is 0 Å². The molecule has 0 spiro atoms. The standard InChI is InChI=1S/C39H60O8/c1-29(40)44-23-25-47-33(43)39(13,27-34(2,3)4)37(10,11)36(8,9)28-38(12,35(5,6)7)32(42)46-26-24-45-31(41)22-18-17-21-30-19-15-14-16-20-30/h14-22H,23-28H2,1-13H3. The molecule has 1 aromatic rings. The second-order valence-electron chi connectivity index (χ2n) is 16.2. The SMILES string of the molecule is CC(=O)OCCOC(=O)C(C)(CC(C)(C)C)C(C)(C)C(C)(C)CC(C)(C(=O)OCCOC(=O)C=CC=Cc1ccccc1)C(C)(C)C. The van der Waals surface area contributed by atoms with Gasteiger partial charge in [0.25, 0.3) is 0 Å². The van der Waals surface area contributed by atoms with Gasteiger partial charge in [-0.3, -0.25) is 14.4 Å². The lowest BCUT2D eigenvalue weighted by atomic mass is 9.47. The number of rotatable bonds is 16. The summed E-state index contributed by atoms with van der Waals surface area (Å²) < 4.78 is 21.7. The second kappa shape index (κ2) is 16.6. The van der Waals surface area contributed by atoms with Gasteiger partial charge in [-0.15, -0.1) is 0 Å². The third-order valence-electron chi connectivity index (χ3n) is 9.92. The van der Waals surface area contributed by atoms with Crippen LogP contribution in [-0.2, 0) is 38.1 Å². The van der Waals surface area contributed by atoms with Crippen LogP contribution in [0, 0.1) is 32.5 Å². The van der Waals surface area contributed by atoms with E-state index in [1.165, 1.54) is 13.0 Å². The minimum atomic E-state index is -0.957. The minimum Gasteiger partial charge on any atom is -0.462 e. The maximum absolute atomic E-state index is 13.9. The summed E-state index contributed by atoms with van der Waals surface area (Å²) in [5.74, 6) is -1.73. The van der Waals surface area contributed by atoms with Crippen molar-refractivity contribution in [3.05, 3.63) is 54.1 Å². The van der Waals surface area contributed by atoms with E-state index in [4.69, 9.17) is 18.9 Å². The van der Waals surface area contributed by atoms with E-state index in [0.29, 0.717) is 12.8 Å². The molecule has 8 nitrogen and oxygen atoms in total. The molecule has 0 N–H and O–H groups in total. The molecular weight excluding hydrogens is 596 g/mol. The molecule has 1 aromatic carbocycles. The average molecular weight is 657 g/mol. The number of carbonyl (C=O) groups excluding carboxylic acids is 4. The van der Waals surface area contributed by atoms with Crippen LogP contribution in [0.15, 0.2) is 48.6 Å². The van der Waals surface area contributed by atoms with Gasteiger partial charge in [0.15, 0.2) is 0 Å². The van der Waals surface area contributed by atoms with Crippen LogP contribution >= 0.6 is 0 Å². The van der Waals surface area contributed by atoms with E-state index >= 15 is 0 Å². The lowest BCUT2D eigenvalue weighted by molar-refractivity contribution is -0.183. The minimum absolute atomic E-state index is 0.0126. The molecule has 0 saturated heterocycles. The number of hydrogen-bond acceptors (Lipinski definition) is 8. The topological polar surface area (TPSA) is 105 Å². The molecule has 264 valence electrons. The monoisotopic (exact) mass is 656 g/mol. The van der Waals surface area contributed by atoms with Crippen molar-refractivity contribution >= 4 is 30.0 Å². The molecular formula is C39H60O8. The molecule has 0 amide bonds. The van der Waals surface area contributed by atoms with Crippen LogP contribution in [0.5, 0.6) is 0 Å². The highest BCUT2D eigenvalue weighted by molar-refractivity contribution is 5.82. The van der Waals surface area contributed by atoms with E-state index in [1.54, 1.807) is 12.2 Å². The zero-order valence-electron chi connectivity index (χ0n) is 31.2. The van der Waals surface area contributed by atoms with Crippen molar-refractivity contribution in [2.24, 2.45) is 32.5 Å². The molecule has 47 heavy (non-hydrogen) atoms. The molecule has 0 aliphatic carbocycles. The first-order chi connectivity index (χ1) is 21.4. The molecule has 0 bridgehead atoms. The Hall–Kier alpha value is -3.42. The summed E-state index contributed by atoms with van der Waals surface area (Å²) in [7, 11) is 0. The van der Waals surface area contributed by atoms with E-state index in [1.807, 2.05) is 71.0 Å². The van der Waals surface area contributed by atoms with Gasteiger partial charge >= 0.3 is 23.9 Å². The van der Waals surface area contributed by atoms with Gasteiger partial charge in [0.1, 0.15) is 26.4 Å². The largest absolute Gasteiger partial charge is 0.462 e. The van der Waals surface area contributed by atoms with Gasteiger partial charge in [-0.25, -0.2) is 4.79 Å². The Kier molecular flexibility index (Phi) is 14.7. The molecule has 2 atom stereocenters. The average Bonchev–Trinajstić information content (AvgIpc) is 2.93. The molecule has 0 aromatic heterocycles. The Bertz CT molecular complexity index is 1260. The number of esters is 4. The van der Waals surface area contributed by atoms with Crippen molar-refractivity contribution in [2.45, 2.75) is 103 Å². The van der Waals surface area contributed by atoms with Gasteiger partial charge in [-0.2, -0.15) is 0 Å². The van der Waals surface area contributed by atoms with E-state index in [-0.39, 0.29) is 37.8 Å². The van der Waals surface area contributed by atoms with Gasteiger partial charge in [-0.1, -0.05) is 118 Å². The van der Waals surface area contributed by atoms with E-state index in [0.717, 1.165) is 5.56 Å². The summed E-state index contributed by atoms with van der Waals surface area (Å²) in [4.78, 5) is 51.1. The lowest BCUT2D eigenvalue weighted by Gasteiger charge is -2.56. The highest BCUT2D eigenvalue weighted by atomic mass is 16.6. The first kappa shape index (κ1) is 41.6. The van der Waals surface area contributed by atoms with Crippen LogP contribution in [0.25, 0.3) is 6.08 Å². The van der Waals surface area contributed by atoms with Gasteiger partial charge in [-0.05, 0) is 53.9 Å².